The van der Waals surface area contributed by atoms with Crippen molar-refractivity contribution in [3.05, 3.63) is 59.7 Å². The number of hydrogen-bond acceptors (Lipinski definition) is 6. The highest BCUT2D eigenvalue weighted by molar-refractivity contribution is 5.83. The van der Waals surface area contributed by atoms with Crippen LogP contribution in [0.1, 0.15) is 70.8 Å². The fourth-order valence-electron chi connectivity index (χ4n) is 4.68. The number of phenols is 1. The van der Waals surface area contributed by atoms with Crippen LogP contribution in [0.25, 0.3) is 0 Å². The molecule has 0 aliphatic carbocycles. The lowest BCUT2D eigenvalue weighted by Crippen LogP contribution is -2.29. The lowest BCUT2D eigenvalue weighted by Gasteiger charge is -2.17. The van der Waals surface area contributed by atoms with Crippen molar-refractivity contribution >= 4 is 6.21 Å². The van der Waals surface area contributed by atoms with Crippen LogP contribution in [0, 0.1) is 18.1 Å². The molecule has 0 spiro atoms. The van der Waals surface area contributed by atoms with Gasteiger partial charge in [0, 0.05) is 19.5 Å². The van der Waals surface area contributed by atoms with Crippen LogP contribution in [0.3, 0.4) is 0 Å². The van der Waals surface area contributed by atoms with Gasteiger partial charge in [-0.3, -0.25) is 0 Å². The molecule has 0 bridgehead atoms. The molecule has 0 aromatic heterocycles. The topological polar surface area (TPSA) is 113 Å². The van der Waals surface area contributed by atoms with Crippen LogP contribution in [-0.2, 0) is 6.42 Å². The van der Waals surface area contributed by atoms with Crippen LogP contribution >= 0.6 is 0 Å². The molecule has 3 atom stereocenters. The highest BCUT2D eigenvalue weighted by Crippen LogP contribution is 2.30. The summed E-state index contributed by atoms with van der Waals surface area (Å²) in [6.45, 7) is 6.56. The van der Waals surface area contributed by atoms with Gasteiger partial charge in [0.05, 0.1) is 30.6 Å². The SMILES string of the molecule is C[C@H](O)CNC[C@H](C)C1=C[C+](CCOc2cc(CC[C-]3C=CC(CCCCCCCN)[OH+]3)ccc2O)N=C1. The van der Waals surface area contributed by atoms with Gasteiger partial charge in [0.25, 0.3) is 0 Å². The number of benzene rings is 1. The van der Waals surface area contributed by atoms with Gasteiger partial charge in [-0.15, -0.1) is 17.1 Å². The second kappa shape index (κ2) is 16.5. The largest absolute Gasteiger partial charge is 0.504 e. The van der Waals surface area contributed by atoms with Gasteiger partial charge in [-0.05, 0) is 63.8 Å². The number of nitrogens with one attached hydrogen (secondary N) is 1. The average molecular weight is 527 g/mol. The normalized spacial score (nSPS) is 18.3. The predicted octanol–water partition coefficient (Wildman–Crippen LogP) is 4.54. The fraction of sp³-hybridized carbons (Fsp3) is 0.581. The van der Waals surface area contributed by atoms with E-state index in [9.17, 15) is 10.2 Å². The minimum atomic E-state index is -0.347. The van der Waals surface area contributed by atoms with Crippen molar-refractivity contribution in [2.45, 2.75) is 83.8 Å². The summed E-state index contributed by atoms with van der Waals surface area (Å²) < 4.78 is 10.8. The van der Waals surface area contributed by atoms with E-state index in [1.54, 1.807) is 13.0 Å². The Morgan fingerprint density at radius 1 is 1.18 bits per heavy atom. The molecule has 1 aromatic carbocycles. The Hall–Kier alpha value is -2.45. The Balaban J connectivity index is 1.34. The van der Waals surface area contributed by atoms with Gasteiger partial charge in [0.2, 0.25) is 0 Å². The van der Waals surface area contributed by atoms with Crippen molar-refractivity contribution in [1.82, 2.24) is 5.32 Å². The second-order valence-electron chi connectivity index (χ2n) is 10.6. The molecule has 2 heterocycles. The number of hydrogen-bond donors (Lipinski definition) is 4. The van der Waals surface area contributed by atoms with Crippen LogP contribution < -0.4 is 15.8 Å². The molecule has 7 heteroatoms. The molecule has 3 rings (SSSR count). The summed E-state index contributed by atoms with van der Waals surface area (Å²) in [4.78, 5) is 4.52. The van der Waals surface area contributed by atoms with E-state index in [-0.39, 0.29) is 11.9 Å². The molecule has 2 aliphatic rings. The number of nitrogens with zero attached hydrogens (tertiary/aromatic N) is 1. The third-order valence-corrected chi connectivity index (χ3v) is 7.03. The Labute approximate surface area is 229 Å². The third kappa shape index (κ3) is 10.7. The maximum absolute atomic E-state index is 10.3. The first-order chi connectivity index (χ1) is 18.4. The molecule has 0 amide bonds. The number of aromatic hydroxyl groups is 1. The minimum absolute atomic E-state index is 0.160. The summed E-state index contributed by atoms with van der Waals surface area (Å²) in [6.07, 6.45) is 19.2. The number of ether oxygens (including phenoxy) is 2. The van der Waals surface area contributed by atoms with E-state index in [4.69, 9.17) is 15.2 Å². The lowest BCUT2D eigenvalue weighted by atomic mass is 10.0. The highest BCUT2D eigenvalue weighted by atomic mass is 16.5. The summed E-state index contributed by atoms with van der Waals surface area (Å²) in [5, 5.41) is 23.0. The number of aliphatic hydroxyl groups excluding tert-OH is 1. The first-order valence-electron chi connectivity index (χ1n) is 14.3. The molecule has 0 radical (unpaired) electrons. The van der Waals surface area contributed by atoms with Gasteiger partial charge in [-0.1, -0.05) is 25.3 Å². The summed E-state index contributed by atoms with van der Waals surface area (Å²) in [7, 11) is 0. The molecule has 0 saturated heterocycles. The number of aryl methyl sites for hydroxylation is 1. The average Bonchev–Trinajstić information content (AvgIpc) is 3.56. The zero-order valence-electron chi connectivity index (χ0n) is 23.2. The number of aliphatic imine (C=N–C) groups is 1. The highest BCUT2D eigenvalue weighted by Gasteiger charge is 2.25. The molecule has 1 aromatic rings. The van der Waals surface area contributed by atoms with Crippen LogP contribution in [0.4, 0.5) is 0 Å². The Bertz CT molecular complexity index is 914. The zero-order chi connectivity index (χ0) is 27.2. The van der Waals surface area contributed by atoms with Gasteiger partial charge in [0.1, 0.15) is 18.3 Å². The van der Waals surface area contributed by atoms with E-state index < -0.39 is 0 Å². The monoisotopic (exact) mass is 526 g/mol. The number of nitrogens with two attached hydrogens (primary N) is 1. The smallest absolute Gasteiger partial charge is 0.176 e. The molecule has 0 saturated carbocycles. The minimum Gasteiger partial charge on any atom is -0.504 e. The molecule has 38 heavy (non-hydrogen) atoms. The van der Waals surface area contributed by atoms with Gasteiger partial charge in [0.15, 0.2) is 23.8 Å². The molecule has 0 fully saturated rings. The van der Waals surface area contributed by atoms with Crippen molar-refractivity contribution in [2.24, 2.45) is 16.6 Å². The maximum Gasteiger partial charge on any atom is 0.176 e. The van der Waals surface area contributed by atoms with Crippen LogP contribution in [0.15, 0.2) is 47.0 Å². The van der Waals surface area contributed by atoms with Crippen molar-refractivity contribution in [2.75, 3.05) is 26.2 Å². The van der Waals surface area contributed by atoms with Gasteiger partial charge >= 0.3 is 0 Å². The van der Waals surface area contributed by atoms with E-state index in [0.717, 1.165) is 56.5 Å². The number of unbranched alkanes of at least 4 members (excludes halogenated alkanes) is 4. The molecule has 1 unspecified atom stereocenters. The van der Waals surface area contributed by atoms with E-state index >= 15 is 0 Å². The van der Waals surface area contributed by atoms with Crippen molar-refractivity contribution in [1.29, 1.82) is 0 Å². The van der Waals surface area contributed by atoms with E-state index in [1.807, 2.05) is 18.3 Å². The standard InChI is InChI=1S/C31H47N3O4/c1-23(20-33-21-24(2)35)26-19-27(34-22-26)15-17-37-31-18-25(10-14-30(31)36)9-11-29-13-12-28(38-29)8-6-4-3-5-7-16-32/h10,12-14,18-19,22-24,28,33,35,38H,3-9,11,15-17,20-21,32H2,1-2H3/p+1/t23-,24-,28?/m0/s1. The first-order valence-corrected chi connectivity index (χ1v) is 14.3. The Morgan fingerprint density at radius 2 is 2.00 bits per heavy atom. The van der Waals surface area contributed by atoms with Crippen LogP contribution in [0.5, 0.6) is 11.5 Å². The molecule has 2 aliphatic heterocycles. The summed E-state index contributed by atoms with van der Waals surface area (Å²) in [5.41, 5.74) is 7.87. The fourth-order valence-corrected chi connectivity index (χ4v) is 4.68. The number of phenolic OH excluding ortho intramolecular Hbond substituents is 1. The molecule has 6 N–H and O–H groups in total. The third-order valence-electron chi connectivity index (χ3n) is 7.03. The molecular formula is C31H48N3O4+. The Kier molecular flexibility index (Phi) is 13.1. The van der Waals surface area contributed by atoms with E-state index in [0.29, 0.717) is 37.3 Å². The zero-order valence-corrected chi connectivity index (χ0v) is 23.2. The van der Waals surface area contributed by atoms with Crippen molar-refractivity contribution < 1.29 is 19.7 Å². The van der Waals surface area contributed by atoms with Gasteiger partial charge < -0.3 is 30.7 Å². The lowest BCUT2D eigenvalue weighted by molar-refractivity contribution is -0.0482. The summed E-state index contributed by atoms with van der Waals surface area (Å²) >= 11 is 0. The van der Waals surface area contributed by atoms with E-state index in [2.05, 4.69) is 35.5 Å². The van der Waals surface area contributed by atoms with E-state index in [1.165, 1.54) is 31.3 Å². The second-order valence-corrected chi connectivity index (χ2v) is 10.6. The van der Waals surface area contributed by atoms with Crippen LogP contribution in [0.2, 0.25) is 0 Å². The van der Waals surface area contributed by atoms with Crippen molar-refractivity contribution in [3.63, 3.8) is 0 Å². The predicted molar refractivity (Wildman–Crippen MR) is 155 cm³/mol. The summed E-state index contributed by atoms with van der Waals surface area (Å²) in [5.74, 6) is 0.992. The maximum atomic E-state index is 10.3. The van der Waals surface area contributed by atoms with Gasteiger partial charge in [-0.25, -0.2) is 0 Å². The number of aliphatic hydroxyl groups is 3. The van der Waals surface area contributed by atoms with Crippen molar-refractivity contribution in [3.8, 4) is 11.5 Å². The first kappa shape index (κ1) is 30.1. The quantitative estimate of drug-likeness (QED) is 0.120. The number of rotatable bonds is 19. The van der Waals surface area contributed by atoms with Crippen LogP contribution in [-0.4, -0.2) is 59.6 Å². The molecule has 210 valence electrons. The molecular weight excluding hydrogens is 478 g/mol. The Morgan fingerprint density at radius 3 is 2.82 bits per heavy atom. The summed E-state index contributed by atoms with van der Waals surface area (Å²) in [6, 6.07) is 6.59. The molecule has 7 nitrogen and oxygen atoms in total. The van der Waals surface area contributed by atoms with Gasteiger partial charge in [-0.2, -0.15) is 0 Å².